The molecule has 1 aliphatic rings. The number of nitrogens with zero attached hydrogens (tertiary/aromatic N) is 3. The summed E-state index contributed by atoms with van der Waals surface area (Å²) in [5.41, 5.74) is 7.27. The Balaban J connectivity index is 1.84. The van der Waals surface area contributed by atoms with Gasteiger partial charge in [-0.05, 0) is 32.4 Å². The average Bonchev–Trinajstić information content (AvgIpc) is 2.63. The molecular formula is C12H22N4. The molecule has 2 rings (SSSR count). The van der Waals surface area contributed by atoms with Crippen LogP contribution >= 0.6 is 0 Å². The fourth-order valence-electron chi connectivity index (χ4n) is 2.49. The van der Waals surface area contributed by atoms with E-state index in [1.165, 1.54) is 5.69 Å². The van der Waals surface area contributed by atoms with Gasteiger partial charge in [-0.25, -0.2) is 0 Å². The van der Waals surface area contributed by atoms with Gasteiger partial charge in [-0.2, -0.15) is 5.10 Å². The second-order valence-electron chi connectivity index (χ2n) is 4.87. The lowest BCUT2D eigenvalue weighted by atomic mass is 9.99. The number of piperidine rings is 1. The number of aryl methyl sites for hydroxylation is 1. The van der Waals surface area contributed by atoms with E-state index in [-0.39, 0.29) is 0 Å². The number of rotatable bonds is 3. The van der Waals surface area contributed by atoms with E-state index in [1.54, 1.807) is 0 Å². The van der Waals surface area contributed by atoms with Crippen LogP contribution in [0.15, 0.2) is 12.3 Å². The summed E-state index contributed by atoms with van der Waals surface area (Å²) in [5, 5.41) is 4.19. The van der Waals surface area contributed by atoms with Crippen LogP contribution in [0.4, 0.5) is 0 Å². The van der Waals surface area contributed by atoms with Crippen LogP contribution in [0.2, 0.25) is 0 Å². The molecule has 2 N–H and O–H groups in total. The first kappa shape index (κ1) is 11.6. The van der Waals surface area contributed by atoms with Crippen LogP contribution in [-0.4, -0.2) is 39.9 Å². The van der Waals surface area contributed by atoms with Gasteiger partial charge in [0.2, 0.25) is 0 Å². The van der Waals surface area contributed by atoms with Gasteiger partial charge in [0.05, 0.1) is 0 Å². The standard InChI is InChI=1S/C12H22N4/c1-10-9-11(13)4-7-16(10)8-5-12-3-6-14-15(12)2/h3,6,10-11H,4-5,7-9,13H2,1-2H3. The molecule has 0 saturated carbocycles. The van der Waals surface area contributed by atoms with Crippen molar-refractivity contribution in [2.45, 2.75) is 38.3 Å². The molecule has 0 amide bonds. The van der Waals surface area contributed by atoms with E-state index in [9.17, 15) is 0 Å². The highest BCUT2D eigenvalue weighted by atomic mass is 15.3. The van der Waals surface area contributed by atoms with Crippen molar-refractivity contribution in [1.82, 2.24) is 14.7 Å². The monoisotopic (exact) mass is 222 g/mol. The third-order valence-electron chi connectivity index (χ3n) is 3.63. The first-order valence-electron chi connectivity index (χ1n) is 6.13. The zero-order chi connectivity index (χ0) is 11.5. The zero-order valence-electron chi connectivity index (χ0n) is 10.3. The van der Waals surface area contributed by atoms with Crippen LogP contribution < -0.4 is 5.73 Å². The Morgan fingerprint density at radius 3 is 3.00 bits per heavy atom. The van der Waals surface area contributed by atoms with Crippen LogP contribution in [-0.2, 0) is 13.5 Å². The molecule has 16 heavy (non-hydrogen) atoms. The van der Waals surface area contributed by atoms with Crippen molar-refractivity contribution in [3.63, 3.8) is 0 Å². The highest BCUT2D eigenvalue weighted by molar-refractivity contribution is 5.00. The number of likely N-dealkylation sites (tertiary alicyclic amines) is 1. The average molecular weight is 222 g/mol. The van der Waals surface area contributed by atoms with Crippen molar-refractivity contribution in [3.05, 3.63) is 18.0 Å². The van der Waals surface area contributed by atoms with Gasteiger partial charge in [0.25, 0.3) is 0 Å². The molecule has 0 spiro atoms. The summed E-state index contributed by atoms with van der Waals surface area (Å²) >= 11 is 0. The highest BCUT2D eigenvalue weighted by Gasteiger charge is 2.22. The molecule has 2 unspecified atom stereocenters. The molecular weight excluding hydrogens is 200 g/mol. The lowest BCUT2D eigenvalue weighted by Gasteiger charge is -2.36. The van der Waals surface area contributed by atoms with Crippen LogP contribution in [0.5, 0.6) is 0 Å². The maximum atomic E-state index is 5.96. The van der Waals surface area contributed by atoms with Gasteiger partial charge in [0, 0.05) is 44.0 Å². The lowest BCUT2D eigenvalue weighted by Crippen LogP contribution is -2.46. The minimum absolute atomic E-state index is 0.406. The Morgan fingerprint density at radius 1 is 1.56 bits per heavy atom. The Bertz CT molecular complexity index is 334. The largest absolute Gasteiger partial charge is 0.328 e. The Kier molecular flexibility index (Phi) is 3.61. The number of aromatic nitrogens is 2. The minimum Gasteiger partial charge on any atom is -0.328 e. The first-order chi connectivity index (χ1) is 7.66. The molecule has 1 saturated heterocycles. The topological polar surface area (TPSA) is 47.1 Å². The van der Waals surface area contributed by atoms with Crippen molar-refractivity contribution < 1.29 is 0 Å². The van der Waals surface area contributed by atoms with E-state index >= 15 is 0 Å². The van der Waals surface area contributed by atoms with Crippen molar-refractivity contribution in [1.29, 1.82) is 0 Å². The van der Waals surface area contributed by atoms with Gasteiger partial charge in [-0.15, -0.1) is 0 Å². The summed E-state index contributed by atoms with van der Waals surface area (Å²) in [5.74, 6) is 0. The Morgan fingerprint density at radius 2 is 2.38 bits per heavy atom. The van der Waals surface area contributed by atoms with E-state index in [4.69, 9.17) is 5.73 Å². The third kappa shape index (κ3) is 2.62. The van der Waals surface area contributed by atoms with Gasteiger partial charge >= 0.3 is 0 Å². The number of hydrogen-bond donors (Lipinski definition) is 1. The number of hydrogen-bond acceptors (Lipinski definition) is 3. The fraction of sp³-hybridized carbons (Fsp3) is 0.750. The molecule has 0 aromatic carbocycles. The lowest BCUT2D eigenvalue weighted by molar-refractivity contribution is 0.149. The van der Waals surface area contributed by atoms with Crippen molar-refractivity contribution >= 4 is 0 Å². The van der Waals surface area contributed by atoms with E-state index in [1.807, 2.05) is 17.9 Å². The maximum absolute atomic E-state index is 5.96. The molecule has 1 aliphatic heterocycles. The summed E-state index contributed by atoms with van der Waals surface area (Å²) in [6.45, 7) is 4.54. The van der Waals surface area contributed by atoms with Gasteiger partial charge in [0.1, 0.15) is 0 Å². The summed E-state index contributed by atoms with van der Waals surface area (Å²) in [7, 11) is 2.00. The molecule has 1 aromatic heterocycles. The van der Waals surface area contributed by atoms with E-state index in [0.717, 1.165) is 32.4 Å². The number of nitrogens with two attached hydrogens (primary N) is 1. The van der Waals surface area contributed by atoms with Crippen molar-refractivity contribution in [3.8, 4) is 0 Å². The summed E-state index contributed by atoms with van der Waals surface area (Å²) < 4.78 is 1.96. The molecule has 0 bridgehead atoms. The smallest absolute Gasteiger partial charge is 0.0492 e. The second-order valence-corrected chi connectivity index (χ2v) is 4.87. The predicted molar refractivity (Wildman–Crippen MR) is 65.2 cm³/mol. The summed E-state index contributed by atoms with van der Waals surface area (Å²) in [6, 6.07) is 3.13. The fourth-order valence-corrected chi connectivity index (χ4v) is 2.49. The Labute approximate surface area is 97.4 Å². The quantitative estimate of drug-likeness (QED) is 0.822. The van der Waals surface area contributed by atoms with Crippen LogP contribution in [0.3, 0.4) is 0 Å². The van der Waals surface area contributed by atoms with Crippen LogP contribution in [0.1, 0.15) is 25.5 Å². The molecule has 2 atom stereocenters. The molecule has 0 radical (unpaired) electrons. The third-order valence-corrected chi connectivity index (χ3v) is 3.63. The molecule has 90 valence electrons. The minimum atomic E-state index is 0.406. The van der Waals surface area contributed by atoms with Crippen LogP contribution in [0.25, 0.3) is 0 Å². The molecule has 4 heteroatoms. The zero-order valence-corrected chi connectivity index (χ0v) is 10.3. The molecule has 2 heterocycles. The van der Waals surface area contributed by atoms with Gasteiger partial charge in [0.15, 0.2) is 0 Å². The van der Waals surface area contributed by atoms with Gasteiger partial charge in [-0.1, -0.05) is 0 Å². The summed E-state index contributed by atoms with van der Waals surface area (Å²) in [4.78, 5) is 2.54. The second kappa shape index (κ2) is 4.97. The highest BCUT2D eigenvalue weighted by Crippen LogP contribution is 2.16. The molecule has 1 aromatic rings. The Hall–Kier alpha value is -0.870. The van der Waals surface area contributed by atoms with Crippen LogP contribution in [0, 0.1) is 0 Å². The molecule has 4 nitrogen and oxygen atoms in total. The normalized spacial score (nSPS) is 27.2. The first-order valence-corrected chi connectivity index (χ1v) is 6.13. The molecule has 0 aliphatic carbocycles. The summed E-state index contributed by atoms with van der Waals surface area (Å²) in [6.07, 6.45) is 5.21. The maximum Gasteiger partial charge on any atom is 0.0492 e. The predicted octanol–water partition coefficient (Wildman–Crippen LogP) is 0.774. The van der Waals surface area contributed by atoms with Crippen molar-refractivity contribution in [2.75, 3.05) is 13.1 Å². The van der Waals surface area contributed by atoms with Gasteiger partial charge < -0.3 is 10.6 Å². The van der Waals surface area contributed by atoms with E-state index < -0.39 is 0 Å². The SMILES string of the molecule is CC1CC(N)CCN1CCc1ccnn1C. The van der Waals surface area contributed by atoms with Gasteiger partial charge in [-0.3, -0.25) is 4.68 Å². The molecule has 1 fully saturated rings. The van der Waals surface area contributed by atoms with E-state index in [2.05, 4.69) is 23.0 Å². The van der Waals surface area contributed by atoms with E-state index in [0.29, 0.717) is 12.1 Å². The van der Waals surface area contributed by atoms with Crippen molar-refractivity contribution in [2.24, 2.45) is 12.8 Å².